The number of pyridine rings is 1. The number of fused-ring (bicyclic) bond motifs is 1. The van der Waals surface area contributed by atoms with Crippen LogP contribution in [0, 0.1) is 5.82 Å². The Morgan fingerprint density at radius 3 is 2.59 bits per heavy atom. The normalized spacial score (nSPS) is 15.9. The van der Waals surface area contributed by atoms with Crippen LogP contribution in [0.3, 0.4) is 0 Å². The first-order valence-electron chi connectivity index (χ1n) is 10.0. The smallest absolute Gasteiger partial charge is 0.266 e. The summed E-state index contributed by atoms with van der Waals surface area (Å²) in [5, 5.41) is 0.587. The van der Waals surface area contributed by atoms with Gasteiger partial charge in [0, 0.05) is 46.4 Å². The van der Waals surface area contributed by atoms with E-state index in [0.717, 1.165) is 6.07 Å². The Hall–Kier alpha value is -2.98. The minimum atomic E-state index is -2.90. The van der Waals surface area contributed by atoms with Crippen molar-refractivity contribution < 1.29 is 17.9 Å². The van der Waals surface area contributed by atoms with Crippen LogP contribution in [0.25, 0.3) is 11.0 Å². The van der Waals surface area contributed by atoms with Crippen LogP contribution in [-0.2, 0) is 23.9 Å². The molecule has 3 aromatic rings. The number of anilines is 1. The van der Waals surface area contributed by atoms with Gasteiger partial charge in [-0.2, -0.15) is 0 Å². The molecular formula is C22H24F3N5O2. The van der Waals surface area contributed by atoms with E-state index in [1.165, 1.54) is 23.0 Å². The van der Waals surface area contributed by atoms with Gasteiger partial charge in [-0.15, -0.1) is 0 Å². The van der Waals surface area contributed by atoms with E-state index in [9.17, 15) is 18.0 Å². The fourth-order valence-corrected chi connectivity index (χ4v) is 4.34. The molecule has 0 bridgehead atoms. The Balaban J connectivity index is 1.80. The molecule has 2 aromatic heterocycles. The quantitative estimate of drug-likeness (QED) is 0.579. The Morgan fingerprint density at radius 1 is 1.25 bits per heavy atom. The first kappa shape index (κ1) is 22.2. The molecule has 0 amide bonds. The molecule has 7 nitrogen and oxygen atoms in total. The van der Waals surface area contributed by atoms with Crippen LogP contribution < -0.4 is 10.5 Å². The molecule has 3 heterocycles. The molecule has 0 unspecified atom stereocenters. The number of ether oxygens (including phenoxy) is 1. The number of halogens is 3. The molecule has 1 aliphatic heterocycles. The maximum absolute atomic E-state index is 14.6. The van der Waals surface area contributed by atoms with Crippen molar-refractivity contribution in [2.24, 2.45) is 7.05 Å². The van der Waals surface area contributed by atoms with Crippen molar-refractivity contribution in [3.05, 3.63) is 63.5 Å². The molecule has 0 aliphatic carbocycles. The van der Waals surface area contributed by atoms with E-state index in [1.807, 2.05) is 11.9 Å². The molecule has 0 N–H and O–H groups in total. The second-order valence-electron chi connectivity index (χ2n) is 8.20. The van der Waals surface area contributed by atoms with Gasteiger partial charge < -0.3 is 9.64 Å². The van der Waals surface area contributed by atoms with Gasteiger partial charge in [-0.05, 0) is 13.1 Å². The number of nitrogens with zero attached hydrogens (tertiary/aromatic N) is 5. The van der Waals surface area contributed by atoms with Gasteiger partial charge in [0.2, 0.25) is 0 Å². The molecule has 1 aliphatic rings. The summed E-state index contributed by atoms with van der Waals surface area (Å²) in [7, 11) is 6.82. The SMILES string of the molecule is COC1(c2cc3c(N(C)Cc4cccc(C(F)F)c4F)ncnc3n(C)c2=O)CN(C)C1. The molecular weight excluding hydrogens is 423 g/mol. The third-order valence-electron chi connectivity index (χ3n) is 6.03. The van der Waals surface area contributed by atoms with E-state index in [0.29, 0.717) is 35.5 Å². The first-order valence-corrected chi connectivity index (χ1v) is 10.0. The van der Waals surface area contributed by atoms with Gasteiger partial charge in [0.05, 0.1) is 16.5 Å². The van der Waals surface area contributed by atoms with Crippen LogP contribution in [0.15, 0.2) is 35.4 Å². The summed E-state index contributed by atoms with van der Waals surface area (Å²) in [6.07, 6.45) is -1.58. The molecule has 0 atom stereocenters. The fourth-order valence-electron chi connectivity index (χ4n) is 4.34. The Kier molecular flexibility index (Phi) is 5.68. The molecule has 0 spiro atoms. The zero-order valence-electron chi connectivity index (χ0n) is 18.3. The number of likely N-dealkylation sites (N-methyl/N-ethyl adjacent to an activating group) is 1. The first-order chi connectivity index (χ1) is 15.2. The lowest BCUT2D eigenvalue weighted by Crippen LogP contribution is -2.60. The summed E-state index contributed by atoms with van der Waals surface area (Å²) in [5.41, 5.74) is -0.559. The van der Waals surface area contributed by atoms with Gasteiger partial charge in [0.25, 0.3) is 12.0 Å². The molecule has 1 fully saturated rings. The van der Waals surface area contributed by atoms with Crippen LogP contribution in [0.1, 0.15) is 23.1 Å². The van der Waals surface area contributed by atoms with Crippen molar-refractivity contribution in [2.45, 2.75) is 18.6 Å². The lowest BCUT2D eigenvalue weighted by atomic mass is 9.86. The lowest BCUT2D eigenvalue weighted by Gasteiger charge is -2.47. The van der Waals surface area contributed by atoms with Gasteiger partial charge in [-0.1, -0.05) is 18.2 Å². The number of aromatic nitrogens is 3. The summed E-state index contributed by atoms with van der Waals surface area (Å²) < 4.78 is 47.9. The average Bonchev–Trinajstić information content (AvgIpc) is 2.74. The van der Waals surface area contributed by atoms with Crippen LogP contribution in [-0.4, -0.2) is 53.7 Å². The average molecular weight is 447 g/mol. The highest BCUT2D eigenvalue weighted by Crippen LogP contribution is 2.35. The summed E-state index contributed by atoms with van der Waals surface area (Å²) in [6.45, 7) is 1.14. The number of aryl methyl sites for hydroxylation is 1. The number of benzene rings is 1. The summed E-state index contributed by atoms with van der Waals surface area (Å²) in [6, 6.07) is 5.67. The van der Waals surface area contributed by atoms with Crippen LogP contribution in [0.5, 0.6) is 0 Å². The predicted molar refractivity (Wildman–Crippen MR) is 114 cm³/mol. The minimum Gasteiger partial charge on any atom is -0.371 e. The second kappa shape index (κ2) is 8.18. The third-order valence-corrected chi connectivity index (χ3v) is 6.03. The zero-order valence-corrected chi connectivity index (χ0v) is 18.3. The number of hydrogen-bond acceptors (Lipinski definition) is 6. The number of methoxy groups -OCH3 is 1. The maximum Gasteiger partial charge on any atom is 0.266 e. The molecule has 0 radical (unpaired) electrons. The van der Waals surface area contributed by atoms with Crippen molar-refractivity contribution in [3.63, 3.8) is 0 Å². The number of rotatable bonds is 6. The highest BCUT2D eigenvalue weighted by Gasteiger charge is 2.45. The van der Waals surface area contributed by atoms with Crippen LogP contribution in [0.4, 0.5) is 19.0 Å². The highest BCUT2D eigenvalue weighted by molar-refractivity contribution is 5.87. The highest BCUT2D eigenvalue weighted by atomic mass is 19.3. The summed E-state index contributed by atoms with van der Waals surface area (Å²) >= 11 is 0. The molecule has 1 saturated heterocycles. The van der Waals surface area contributed by atoms with E-state index in [-0.39, 0.29) is 17.7 Å². The molecule has 4 rings (SSSR count). The van der Waals surface area contributed by atoms with Crippen molar-refractivity contribution >= 4 is 16.9 Å². The predicted octanol–water partition coefficient (Wildman–Crippen LogP) is 2.83. The van der Waals surface area contributed by atoms with Gasteiger partial charge in [0.1, 0.15) is 29.2 Å². The van der Waals surface area contributed by atoms with Crippen LogP contribution >= 0.6 is 0 Å². The maximum atomic E-state index is 14.6. The van der Waals surface area contributed by atoms with Gasteiger partial charge in [-0.3, -0.25) is 14.3 Å². The van der Waals surface area contributed by atoms with E-state index >= 15 is 0 Å². The standard InChI is InChI=1S/C22H24F3N5O2/c1-28-10-22(11-28,32-4)16-8-15-19(26-12-27-20(15)30(3)21(16)31)29(2)9-13-6-5-7-14(17(13)23)18(24)25/h5-8,12,18H,9-11H2,1-4H3. The monoisotopic (exact) mass is 447 g/mol. The van der Waals surface area contributed by atoms with Gasteiger partial charge in [-0.25, -0.2) is 23.1 Å². The third kappa shape index (κ3) is 3.53. The van der Waals surface area contributed by atoms with E-state index in [4.69, 9.17) is 4.74 Å². The van der Waals surface area contributed by atoms with Crippen molar-refractivity contribution in [1.82, 2.24) is 19.4 Å². The topological polar surface area (TPSA) is 63.5 Å². The lowest BCUT2D eigenvalue weighted by molar-refractivity contribution is -0.122. The minimum absolute atomic E-state index is 0.00877. The molecule has 170 valence electrons. The molecule has 0 saturated carbocycles. The molecule has 32 heavy (non-hydrogen) atoms. The van der Waals surface area contributed by atoms with Crippen LogP contribution in [0.2, 0.25) is 0 Å². The van der Waals surface area contributed by atoms with Crippen molar-refractivity contribution in [2.75, 3.05) is 39.2 Å². The Morgan fingerprint density at radius 2 is 1.97 bits per heavy atom. The van der Waals surface area contributed by atoms with Gasteiger partial charge in [0.15, 0.2) is 0 Å². The van der Waals surface area contributed by atoms with Crippen molar-refractivity contribution in [3.8, 4) is 0 Å². The summed E-state index contributed by atoms with van der Waals surface area (Å²) in [5.74, 6) is -0.482. The van der Waals surface area contributed by atoms with E-state index in [1.54, 1.807) is 32.2 Å². The van der Waals surface area contributed by atoms with Crippen molar-refractivity contribution in [1.29, 1.82) is 0 Å². The Bertz CT molecular complexity index is 1220. The molecule has 1 aromatic carbocycles. The number of hydrogen-bond donors (Lipinski definition) is 0. The summed E-state index contributed by atoms with van der Waals surface area (Å²) in [4.78, 5) is 25.4. The second-order valence-corrected chi connectivity index (χ2v) is 8.20. The molecule has 10 heteroatoms. The number of likely N-dealkylation sites (tertiary alicyclic amines) is 1. The largest absolute Gasteiger partial charge is 0.371 e. The Labute approximate surface area is 183 Å². The van der Waals surface area contributed by atoms with E-state index < -0.39 is 23.4 Å². The zero-order chi connectivity index (χ0) is 23.2. The fraction of sp³-hybridized carbons (Fsp3) is 0.409. The van der Waals surface area contributed by atoms with E-state index in [2.05, 4.69) is 9.97 Å². The van der Waals surface area contributed by atoms with Gasteiger partial charge >= 0.3 is 0 Å². The number of alkyl halides is 2.